The van der Waals surface area contributed by atoms with Crippen molar-refractivity contribution in [3.05, 3.63) is 58.7 Å². The van der Waals surface area contributed by atoms with Gasteiger partial charge in [-0.2, -0.15) is 0 Å². The largest absolute Gasteiger partial charge is 0.414 e. The van der Waals surface area contributed by atoms with E-state index in [-0.39, 0.29) is 12.2 Å². The van der Waals surface area contributed by atoms with Gasteiger partial charge >= 0.3 is 12.2 Å². The van der Waals surface area contributed by atoms with Crippen LogP contribution in [0.3, 0.4) is 0 Å². The summed E-state index contributed by atoms with van der Waals surface area (Å²) >= 11 is 0. The van der Waals surface area contributed by atoms with Crippen molar-refractivity contribution < 1.29 is 28.0 Å². The van der Waals surface area contributed by atoms with Crippen LogP contribution >= 0.6 is 0 Å². The fourth-order valence-electron chi connectivity index (χ4n) is 5.60. The average molecular weight is 641 g/mol. The molecule has 0 bridgehead atoms. The molecular weight excluding hydrogens is 576 g/mol. The van der Waals surface area contributed by atoms with E-state index in [1.165, 1.54) is 59.5 Å². The monoisotopic (exact) mass is 640 g/mol. The van der Waals surface area contributed by atoms with E-state index in [2.05, 4.69) is 80.2 Å². The zero-order valence-electron chi connectivity index (χ0n) is 31.1. The smallest absolute Gasteiger partial charge is 0.410 e. The number of carbonyl (C=O) groups excluding carboxylic acids is 2. The van der Waals surface area contributed by atoms with Crippen LogP contribution in [0.15, 0.2) is 36.4 Å². The van der Waals surface area contributed by atoms with Crippen molar-refractivity contribution in [2.75, 3.05) is 69.5 Å². The van der Waals surface area contributed by atoms with E-state index in [9.17, 15) is 9.59 Å². The molecular formula is C38H64N4O4+2. The fraction of sp³-hybridized carbons (Fsp3) is 0.632. The molecule has 8 heteroatoms. The Morgan fingerprint density at radius 1 is 0.587 bits per heavy atom. The summed E-state index contributed by atoms with van der Waals surface area (Å²) in [5.74, 6) is 2.15. The number of ether oxygens (including phenoxy) is 2. The number of benzene rings is 2. The zero-order valence-corrected chi connectivity index (χ0v) is 31.1. The second-order valence-corrected chi connectivity index (χ2v) is 15.3. The van der Waals surface area contributed by atoms with Crippen LogP contribution in [-0.4, -0.2) is 100 Å². The molecule has 0 radical (unpaired) electrons. The molecule has 2 aromatic rings. The highest BCUT2D eigenvalue weighted by molar-refractivity contribution is 5.71. The third-order valence-electron chi connectivity index (χ3n) is 8.60. The number of carbonyl (C=O) groups is 2. The third kappa shape index (κ3) is 13.3. The molecule has 0 aliphatic carbocycles. The summed E-state index contributed by atoms with van der Waals surface area (Å²) in [4.78, 5) is 27.5. The normalized spacial score (nSPS) is 12.0. The summed E-state index contributed by atoms with van der Waals surface area (Å²) in [7, 11) is 15.9. The Kier molecular flexibility index (Phi) is 15.1. The van der Waals surface area contributed by atoms with E-state index in [4.69, 9.17) is 9.47 Å². The summed E-state index contributed by atoms with van der Waals surface area (Å²) in [6, 6.07) is 12.5. The first-order chi connectivity index (χ1) is 21.4. The standard InChI is InChI=1S/C38H64N4O4/c1-29(2)31-19-21-35(45-37(43)39(5)6)33(25-31)27-41(9,10)23-17-15-13-14-16-18-24-42(11,12)28-34-26-32(30(3)4)20-22-36(34)46-38(44)40(7)8/h19-22,25-26,29-30H,13-18,23-24,27-28H2,1-12H3/q+2. The van der Waals surface area contributed by atoms with Gasteiger partial charge in [-0.15, -0.1) is 0 Å². The molecule has 8 nitrogen and oxygen atoms in total. The highest BCUT2D eigenvalue weighted by Gasteiger charge is 2.23. The van der Waals surface area contributed by atoms with Gasteiger partial charge in [0, 0.05) is 39.3 Å². The van der Waals surface area contributed by atoms with Gasteiger partial charge in [0.1, 0.15) is 24.6 Å². The van der Waals surface area contributed by atoms with Crippen LogP contribution in [0.1, 0.15) is 100 Å². The maximum Gasteiger partial charge on any atom is 0.414 e. The Morgan fingerprint density at radius 2 is 0.913 bits per heavy atom. The second kappa shape index (κ2) is 17.7. The van der Waals surface area contributed by atoms with Crippen LogP contribution in [0.2, 0.25) is 0 Å². The maximum atomic E-state index is 12.3. The van der Waals surface area contributed by atoms with E-state index in [0.29, 0.717) is 23.3 Å². The summed E-state index contributed by atoms with van der Waals surface area (Å²) in [5, 5.41) is 0. The summed E-state index contributed by atoms with van der Waals surface area (Å²) < 4.78 is 13.1. The number of quaternary nitrogens is 2. The van der Waals surface area contributed by atoms with Crippen molar-refractivity contribution >= 4 is 12.2 Å². The van der Waals surface area contributed by atoms with Crippen molar-refractivity contribution in [1.29, 1.82) is 0 Å². The number of amides is 2. The average Bonchev–Trinajstić information content (AvgIpc) is 2.95. The lowest BCUT2D eigenvalue weighted by Gasteiger charge is -2.31. The fourth-order valence-corrected chi connectivity index (χ4v) is 5.60. The van der Waals surface area contributed by atoms with Crippen LogP contribution in [0.4, 0.5) is 9.59 Å². The molecule has 0 atom stereocenters. The van der Waals surface area contributed by atoms with Gasteiger partial charge in [0.05, 0.1) is 41.3 Å². The molecule has 0 saturated carbocycles. The molecule has 0 spiro atoms. The highest BCUT2D eigenvalue weighted by Crippen LogP contribution is 2.29. The Hall–Kier alpha value is -3.10. The molecule has 0 N–H and O–H groups in total. The number of hydrogen-bond acceptors (Lipinski definition) is 4. The predicted molar refractivity (Wildman–Crippen MR) is 190 cm³/mol. The minimum absolute atomic E-state index is 0.346. The third-order valence-corrected chi connectivity index (χ3v) is 8.60. The number of nitrogens with zero attached hydrogens (tertiary/aromatic N) is 4. The molecule has 0 heterocycles. The van der Waals surface area contributed by atoms with Crippen LogP contribution in [-0.2, 0) is 13.1 Å². The summed E-state index contributed by atoms with van der Waals surface area (Å²) in [5.41, 5.74) is 4.70. The molecule has 2 amide bonds. The van der Waals surface area contributed by atoms with Gasteiger partial charge in [0.15, 0.2) is 0 Å². The first kappa shape index (κ1) is 39.1. The maximum absolute atomic E-state index is 12.3. The van der Waals surface area contributed by atoms with Gasteiger partial charge in [-0.1, -0.05) is 52.7 Å². The van der Waals surface area contributed by atoms with Crippen LogP contribution in [0.25, 0.3) is 0 Å². The molecule has 0 aliphatic heterocycles. The molecule has 0 unspecified atom stereocenters. The molecule has 258 valence electrons. The molecule has 46 heavy (non-hydrogen) atoms. The second-order valence-electron chi connectivity index (χ2n) is 15.3. The van der Waals surface area contributed by atoms with E-state index in [0.717, 1.165) is 46.3 Å². The SMILES string of the molecule is CC(C)c1ccc(OC(=O)N(C)C)c(C[N+](C)(C)CCCCCCCC[N+](C)(C)Cc2cc(C(C)C)ccc2OC(=O)N(C)C)c1. The van der Waals surface area contributed by atoms with E-state index >= 15 is 0 Å². The van der Waals surface area contributed by atoms with Crippen molar-refractivity contribution in [3.63, 3.8) is 0 Å². The quantitative estimate of drug-likeness (QED) is 0.129. The lowest BCUT2D eigenvalue weighted by Crippen LogP contribution is -2.40. The number of rotatable bonds is 17. The molecule has 0 fully saturated rings. The Morgan fingerprint density at radius 3 is 1.22 bits per heavy atom. The van der Waals surface area contributed by atoms with E-state index in [1.54, 1.807) is 28.2 Å². The van der Waals surface area contributed by atoms with Crippen LogP contribution in [0, 0.1) is 0 Å². The van der Waals surface area contributed by atoms with Crippen LogP contribution in [0.5, 0.6) is 11.5 Å². The molecule has 0 aliphatic rings. The van der Waals surface area contributed by atoms with Gasteiger partial charge in [-0.25, -0.2) is 9.59 Å². The van der Waals surface area contributed by atoms with Gasteiger partial charge in [0.25, 0.3) is 0 Å². The lowest BCUT2D eigenvalue weighted by atomic mass is 9.99. The molecule has 0 aromatic heterocycles. The van der Waals surface area contributed by atoms with Gasteiger partial charge in [-0.3, -0.25) is 0 Å². The first-order valence-electron chi connectivity index (χ1n) is 17.1. The molecule has 2 rings (SSSR count). The van der Waals surface area contributed by atoms with Gasteiger partial charge in [-0.05, 0) is 72.9 Å². The zero-order chi connectivity index (χ0) is 34.7. The molecule has 0 saturated heterocycles. The number of hydrogen-bond donors (Lipinski definition) is 0. The first-order valence-corrected chi connectivity index (χ1v) is 17.1. The molecule has 2 aromatic carbocycles. The van der Waals surface area contributed by atoms with E-state index in [1.807, 2.05) is 12.1 Å². The van der Waals surface area contributed by atoms with E-state index < -0.39 is 0 Å². The lowest BCUT2D eigenvalue weighted by molar-refractivity contribution is -0.903. The summed E-state index contributed by atoms with van der Waals surface area (Å²) in [6.45, 7) is 12.6. The van der Waals surface area contributed by atoms with Gasteiger partial charge < -0.3 is 28.2 Å². The minimum atomic E-state index is -0.346. The van der Waals surface area contributed by atoms with Crippen molar-refractivity contribution in [1.82, 2.24) is 9.80 Å². The van der Waals surface area contributed by atoms with Crippen LogP contribution < -0.4 is 9.47 Å². The van der Waals surface area contributed by atoms with Crippen molar-refractivity contribution in [3.8, 4) is 11.5 Å². The number of unbranched alkanes of at least 4 members (excludes halogenated alkanes) is 5. The predicted octanol–water partition coefficient (Wildman–Crippen LogP) is 8.25. The van der Waals surface area contributed by atoms with Gasteiger partial charge in [0.2, 0.25) is 0 Å². The van der Waals surface area contributed by atoms with Crippen molar-refractivity contribution in [2.24, 2.45) is 0 Å². The minimum Gasteiger partial charge on any atom is -0.410 e. The topological polar surface area (TPSA) is 59.1 Å². The Bertz CT molecular complexity index is 1170. The Labute approximate surface area is 280 Å². The van der Waals surface area contributed by atoms with Crippen molar-refractivity contribution in [2.45, 2.75) is 91.1 Å². The highest BCUT2D eigenvalue weighted by atomic mass is 16.6. The summed E-state index contributed by atoms with van der Waals surface area (Å²) in [6.07, 6.45) is 6.57. The Balaban J connectivity index is 1.84.